The van der Waals surface area contributed by atoms with Gasteiger partial charge in [0.25, 0.3) is 0 Å². The van der Waals surface area contributed by atoms with Crippen LogP contribution in [0.1, 0.15) is 11.1 Å². The summed E-state index contributed by atoms with van der Waals surface area (Å²) in [4.78, 5) is 2.16. The number of phenols is 1. The van der Waals surface area contributed by atoms with Crippen LogP contribution in [0.3, 0.4) is 0 Å². The first-order valence-electron chi connectivity index (χ1n) is 6.33. The SMILES string of the molecule is Cc1cccc(CN2CCN(S(C)(=O)=O)CC2)c1O. The third kappa shape index (κ3) is 3.46. The molecular weight excluding hydrogens is 264 g/mol. The van der Waals surface area contributed by atoms with Crippen LogP contribution in [-0.4, -0.2) is 55.2 Å². The van der Waals surface area contributed by atoms with Gasteiger partial charge < -0.3 is 5.11 Å². The monoisotopic (exact) mass is 284 g/mol. The molecule has 0 amide bonds. The Hall–Kier alpha value is -1.11. The molecule has 6 heteroatoms. The van der Waals surface area contributed by atoms with Gasteiger partial charge in [-0.3, -0.25) is 4.90 Å². The van der Waals surface area contributed by atoms with E-state index in [0.29, 0.717) is 38.5 Å². The molecule has 1 N–H and O–H groups in total. The fourth-order valence-corrected chi connectivity index (χ4v) is 3.13. The minimum Gasteiger partial charge on any atom is -0.507 e. The summed E-state index contributed by atoms with van der Waals surface area (Å²) >= 11 is 0. The highest BCUT2D eigenvalue weighted by Gasteiger charge is 2.23. The third-order valence-corrected chi connectivity index (χ3v) is 4.82. The lowest BCUT2D eigenvalue weighted by molar-refractivity contribution is 0.180. The Balaban J connectivity index is 1.98. The summed E-state index contributed by atoms with van der Waals surface area (Å²) in [5, 5.41) is 9.98. The van der Waals surface area contributed by atoms with Gasteiger partial charge in [-0.25, -0.2) is 8.42 Å². The van der Waals surface area contributed by atoms with Gasteiger partial charge in [0.1, 0.15) is 5.75 Å². The normalized spacial score (nSPS) is 18.6. The van der Waals surface area contributed by atoms with Crippen LogP contribution in [0.4, 0.5) is 0 Å². The molecule has 19 heavy (non-hydrogen) atoms. The van der Waals surface area contributed by atoms with Gasteiger partial charge in [0.15, 0.2) is 0 Å². The number of para-hydroxylation sites is 1. The number of benzene rings is 1. The first kappa shape index (κ1) is 14.3. The molecular formula is C13H20N2O3S. The third-order valence-electron chi connectivity index (χ3n) is 3.52. The first-order chi connectivity index (χ1) is 8.88. The summed E-state index contributed by atoms with van der Waals surface area (Å²) < 4.78 is 24.3. The number of hydrogen-bond acceptors (Lipinski definition) is 4. The molecule has 0 unspecified atom stereocenters. The number of nitrogens with zero attached hydrogens (tertiary/aromatic N) is 2. The Bertz CT molecular complexity index is 549. The van der Waals surface area contributed by atoms with E-state index >= 15 is 0 Å². The molecule has 0 spiro atoms. The molecule has 0 aromatic heterocycles. The van der Waals surface area contributed by atoms with Crippen molar-refractivity contribution in [3.63, 3.8) is 0 Å². The molecule has 0 aliphatic carbocycles. The van der Waals surface area contributed by atoms with E-state index in [1.54, 1.807) is 0 Å². The van der Waals surface area contributed by atoms with Crippen LogP contribution < -0.4 is 0 Å². The summed E-state index contributed by atoms with van der Waals surface area (Å²) in [5.74, 6) is 0.341. The molecule has 1 aliphatic heterocycles. The lowest BCUT2D eigenvalue weighted by Crippen LogP contribution is -2.47. The molecule has 1 aliphatic rings. The topological polar surface area (TPSA) is 60.9 Å². The van der Waals surface area contributed by atoms with Crippen LogP contribution in [0.25, 0.3) is 0 Å². The Morgan fingerprint density at radius 1 is 1.21 bits per heavy atom. The number of rotatable bonds is 3. The summed E-state index contributed by atoms with van der Waals surface area (Å²) in [6, 6.07) is 5.71. The van der Waals surface area contributed by atoms with Gasteiger partial charge in [-0.1, -0.05) is 18.2 Å². The van der Waals surface area contributed by atoms with Gasteiger partial charge in [0, 0.05) is 38.3 Å². The highest BCUT2D eigenvalue weighted by atomic mass is 32.2. The van der Waals surface area contributed by atoms with Crippen molar-refractivity contribution in [2.45, 2.75) is 13.5 Å². The molecule has 5 nitrogen and oxygen atoms in total. The van der Waals surface area contributed by atoms with Crippen LogP contribution in [-0.2, 0) is 16.6 Å². The number of piperazine rings is 1. The molecule has 106 valence electrons. The van der Waals surface area contributed by atoms with Crippen molar-refractivity contribution in [2.24, 2.45) is 0 Å². The van der Waals surface area contributed by atoms with Gasteiger partial charge in [0.2, 0.25) is 10.0 Å². The highest BCUT2D eigenvalue weighted by molar-refractivity contribution is 7.88. The average Bonchev–Trinajstić information content (AvgIpc) is 2.35. The number of aromatic hydroxyl groups is 1. The van der Waals surface area contributed by atoms with Gasteiger partial charge in [-0.15, -0.1) is 0 Å². The van der Waals surface area contributed by atoms with Gasteiger partial charge in [-0.05, 0) is 12.5 Å². The Morgan fingerprint density at radius 3 is 2.42 bits per heavy atom. The van der Waals surface area contributed by atoms with Gasteiger partial charge >= 0.3 is 0 Å². The molecule has 0 saturated carbocycles. The van der Waals surface area contributed by atoms with Crippen LogP contribution in [0, 0.1) is 6.92 Å². The predicted molar refractivity (Wildman–Crippen MR) is 74.5 cm³/mol. The number of hydrogen-bond donors (Lipinski definition) is 1. The molecule has 1 aromatic carbocycles. The smallest absolute Gasteiger partial charge is 0.211 e. The molecule has 0 radical (unpaired) electrons. The van der Waals surface area contributed by atoms with Crippen LogP contribution in [0.15, 0.2) is 18.2 Å². The van der Waals surface area contributed by atoms with E-state index < -0.39 is 10.0 Å². The summed E-state index contributed by atoms with van der Waals surface area (Å²) in [6.07, 6.45) is 1.25. The minimum absolute atomic E-state index is 0.341. The van der Waals surface area contributed by atoms with Crippen molar-refractivity contribution in [2.75, 3.05) is 32.4 Å². The lowest BCUT2D eigenvalue weighted by atomic mass is 10.1. The fourth-order valence-electron chi connectivity index (χ4n) is 2.31. The lowest BCUT2D eigenvalue weighted by Gasteiger charge is -2.33. The van der Waals surface area contributed by atoms with Gasteiger partial charge in [0.05, 0.1) is 6.26 Å². The highest BCUT2D eigenvalue weighted by Crippen LogP contribution is 2.23. The fraction of sp³-hybridized carbons (Fsp3) is 0.538. The second kappa shape index (κ2) is 5.48. The Labute approximate surface area is 114 Å². The van der Waals surface area contributed by atoms with Gasteiger partial charge in [-0.2, -0.15) is 4.31 Å². The quantitative estimate of drug-likeness (QED) is 0.891. The van der Waals surface area contributed by atoms with E-state index in [9.17, 15) is 13.5 Å². The maximum absolute atomic E-state index is 11.4. The molecule has 0 bridgehead atoms. The van der Waals surface area contributed by atoms with E-state index in [0.717, 1.165) is 11.1 Å². The van der Waals surface area contributed by atoms with Crippen LogP contribution in [0.5, 0.6) is 5.75 Å². The molecule has 1 aromatic rings. The van der Waals surface area contributed by atoms with E-state index in [1.165, 1.54) is 10.6 Å². The van der Waals surface area contributed by atoms with Crippen LogP contribution >= 0.6 is 0 Å². The summed E-state index contributed by atoms with van der Waals surface area (Å²) in [5.41, 5.74) is 1.76. The summed E-state index contributed by atoms with van der Waals surface area (Å²) in [7, 11) is -3.08. The zero-order chi connectivity index (χ0) is 14.0. The standard InChI is InChI=1S/C13H20N2O3S/c1-11-4-3-5-12(13(11)16)10-14-6-8-15(9-7-14)19(2,17)18/h3-5,16H,6-10H2,1-2H3. The van der Waals surface area contributed by atoms with Crippen molar-refractivity contribution in [1.29, 1.82) is 0 Å². The zero-order valence-electron chi connectivity index (χ0n) is 11.3. The van der Waals surface area contributed by atoms with E-state index in [1.807, 2.05) is 25.1 Å². The largest absolute Gasteiger partial charge is 0.507 e. The molecule has 1 fully saturated rings. The second-order valence-electron chi connectivity index (χ2n) is 5.02. The Morgan fingerprint density at radius 2 is 1.84 bits per heavy atom. The number of aryl methyl sites for hydroxylation is 1. The predicted octanol–water partition coefficient (Wildman–Crippen LogP) is 0.778. The maximum Gasteiger partial charge on any atom is 0.211 e. The number of phenolic OH excluding ortho intramolecular Hbond substituents is 1. The molecule has 0 atom stereocenters. The second-order valence-corrected chi connectivity index (χ2v) is 7.00. The average molecular weight is 284 g/mol. The molecule has 1 saturated heterocycles. The van der Waals surface area contributed by atoms with Crippen LogP contribution in [0.2, 0.25) is 0 Å². The molecule has 2 rings (SSSR count). The summed E-state index contributed by atoms with van der Waals surface area (Å²) in [6.45, 7) is 4.96. The van der Waals surface area contributed by atoms with E-state index in [4.69, 9.17) is 0 Å². The van der Waals surface area contributed by atoms with Crippen molar-refractivity contribution < 1.29 is 13.5 Å². The number of sulfonamides is 1. The van der Waals surface area contributed by atoms with Crippen molar-refractivity contribution in [3.8, 4) is 5.75 Å². The first-order valence-corrected chi connectivity index (χ1v) is 8.17. The van der Waals surface area contributed by atoms with E-state index in [-0.39, 0.29) is 0 Å². The zero-order valence-corrected chi connectivity index (χ0v) is 12.2. The van der Waals surface area contributed by atoms with Crippen molar-refractivity contribution in [1.82, 2.24) is 9.21 Å². The minimum atomic E-state index is -3.08. The van der Waals surface area contributed by atoms with E-state index in [2.05, 4.69) is 4.90 Å². The van der Waals surface area contributed by atoms with Crippen molar-refractivity contribution >= 4 is 10.0 Å². The maximum atomic E-state index is 11.4. The molecule has 1 heterocycles. The Kier molecular flexibility index (Phi) is 4.13. The van der Waals surface area contributed by atoms with Crippen molar-refractivity contribution in [3.05, 3.63) is 29.3 Å².